The van der Waals surface area contributed by atoms with Crippen LogP contribution in [-0.4, -0.2) is 42.1 Å². The van der Waals surface area contributed by atoms with Gasteiger partial charge in [-0.3, -0.25) is 4.90 Å². The van der Waals surface area contributed by atoms with Crippen molar-refractivity contribution in [2.45, 2.75) is 25.3 Å². The number of carboxylic acids is 1. The van der Waals surface area contributed by atoms with E-state index in [4.69, 9.17) is 9.84 Å². The van der Waals surface area contributed by atoms with E-state index in [0.29, 0.717) is 25.1 Å². The molecule has 0 amide bonds. The Morgan fingerprint density at radius 2 is 2.25 bits per heavy atom. The van der Waals surface area contributed by atoms with Gasteiger partial charge < -0.3 is 9.84 Å². The van der Waals surface area contributed by atoms with Crippen LogP contribution in [0.1, 0.15) is 28.8 Å². The van der Waals surface area contributed by atoms with Gasteiger partial charge in [0.15, 0.2) is 0 Å². The number of hydrogen-bond donors (Lipinski definition) is 1. The van der Waals surface area contributed by atoms with Crippen LogP contribution < -0.4 is 4.74 Å². The Labute approximate surface area is 116 Å². The minimum atomic E-state index is -2.65. The van der Waals surface area contributed by atoms with Crippen molar-refractivity contribution in [2.75, 3.05) is 20.2 Å². The molecule has 6 heteroatoms. The number of carbonyl (C=O) groups is 1. The molecule has 4 nitrogen and oxygen atoms in total. The van der Waals surface area contributed by atoms with Crippen LogP contribution >= 0.6 is 0 Å². The Hall–Kier alpha value is -1.69. The number of alkyl halides is 2. The first-order valence-electron chi connectivity index (χ1n) is 6.42. The van der Waals surface area contributed by atoms with Crippen LogP contribution in [0.4, 0.5) is 8.78 Å². The molecule has 0 aliphatic carbocycles. The molecule has 0 aromatic heterocycles. The maximum Gasteiger partial charge on any atom is 0.339 e. The van der Waals surface area contributed by atoms with Gasteiger partial charge in [0, 0.05) is 13.0 Å². The van der Waals surface area contributed by atoms with Crippen LogP contribution in [0.25, 0.3) is 0 Å². The quantitative estimate of drug-likeness (QED) is 0.924. The lowest BCUT2D eigenvalue weighted by atomic mass is 10.0. The topological polar surface area (TPSA) is 49.8 Å². The summed E-state index contributed by atoms with van der Waals surface area (Å²) in [5.41, 5.74) is 0.745. The van der Waals surface area contributed by atoms with E-state index in [9.17, 15) is 13.6 Å². The average Bonchev–Trinajstić information content (AvgIpc) is 2.37. The first kappa shape index (κ1) is 14.7. The highest BCUT2D eigenvalue weighted by molar-refractivity contribution is 5.91. The van der Waals surface area contributed by atoms with Gasteiger partial charge in [0.1, 0.15) is 11.3 Å². The van der Waals surface area contributed by atoms with E-state index in [1.165, 1.54) is 13.2 Å². The molecule has 1 N–H and O–H groups in total. The predicted molar refractivity (Wildman–Crippen MR) is 69.4 cm³/mol. The van der Waals surface area contributed by atoms with Gasteiger partial charge >= 0.3 is 5.97 Å². The zero-order valence-corrected chi connectivity index (χ0v) is 11.2. The molecule has 1 aromatic rings. The van der Waals surface area contributed by atoms with E-state index >= 15 is 0 Å². The second-order valence-corrected chi connectivity index (χ2v) is 5.01. The number of carboxylic acid groups (broad SMARTS) is 1. The van der Waals surface area contributed by atoms with Crippen molar-refractivity contribution in [2.24, 2.45) is 0 Å². The summed E-state index contributed by atoms with van der Waals surface area (Å²) in [7, 11) is 1.40. The third kappa shape index (κ3) is 3.45. The molecule has 0 bridgehead atoms. The number of aromatic carboxylic acids is 1. The van der Waals surface area contributed by atoms with Gasteiger partial charge in [-0.25, -0.2) is 13.6 Å². The molecule has 1 aliphatic rings. The van der Waals surface area contributed by atoms with Crippen molar-refractivity contribution in [1.29, 1.82) is 0 Å². The monoisotopic (exact) mass is 285 g/mol. The number of ether oxygens (including phenoxy) is 1. The number of benzene rings is 1. The van der Waals surface area contributed by atoms with Gasteiger partial charge in [0.2, 0.25) is 0 Å². The lowest BCUT2D eigenvalue weighted by Crippen LogP contribution is -2.42. The molecule has 0 unspecified atom stereocenters. The standard InChI is InChI=1S/C14H17F2NO3/c1-20-12-4-3-10(7-11(12)13(18)19)8-17-6-2-5-14(15,16)9-17/h3-4,7H,2,5-6,8-9H2,1H3,(H,18,19). The van der Waals surface area contributed by atoms with Crippen molar-refractivity contribution in [3.05, 3.63) is 29.3 Å². The van der Waals surface area contributed by atoms with Crippen LogP contribution in [0.5, 0.6) is 5.75 Å². The highest BCUT2D eigenvalue weighted by Crippen LogP contribution is 2.28. The molecule has 1 saturated heterocycles. The van der Waals surface area contributed by atoms with E-state index < -0.39 is 11.9 Å². The summed E-state index contributed by atoms with van der Waals surface area (Å²) in [6.07, 6.45) is 0.376. The Morgan fingerprint density at radius 3 is 2.85 bits per heavy atom. The van der Waals surface area contributed by atoms with E-state index in [-0.39, 0.29) is 24.3 Å². The maximum atomic E-state index is 13.3. The first-order valence-corrected chi connectivity index (χ1v) is 6.42. The van der Waals surface area contributed by atoms with Crippen molar-refractivity contribution < 1.29 is 23.4 Å². The summed E-state index contributed by atoms with van der Waals surface area (Å²) in [6, 6.07) is 4.74. The highest BCUT2D eigenvalue weighted by Gasteiger charge is 2.34. The number of piperidine rings is 1. The number of halogens is 2. The average molecular weight is 285 g/mol. The van der Waals surface area contributed by atoms with Gasteiger partial charge in [-0.2, -0.15) is 0 Å². The number of hydrogen-bond acceptors (Lipinski definition) is 3. The fourth-order valence-electron chi connectivity index (χ4n) is 2.46. The van der Waals surface area contributed by atoms with Gasteiger partial charge in [-0.05, 0) is 30.7 Å². The normalized spacial score (nSPS) is 18.8. The third-order valence-corrected chi connectivity index (χ3v) is 3.37. The Bertz CT molecular complexity index is 505. The fraction of sp³-hybridized carbons (Fsp3) is 0.500. The van der Waals surface area contributed by atoms with Crippen molar-refractivity contribution in [3.8, 4) is 5.75 Å². The SMILES string of the molecule is COc1ccc(CN2CCCC(F)(F)C2)cc1C(=O)O. The van der Waals surface area contributed by atoms with E-state index in [2.05, 4.69) is 0 Å². The Kier molecular flexibility index (Phi) is 4.23. The Balaban J connectivity index is 2.13. The summed E-state index contributed by atoms with van der Waals surface area (Å²) in [6.45, 7) is 0.644. The van der Waals surface area contributed by atoms with Gasteiger partial charge in [0.25, 0.3) is 5.92 Å². The molecule has 2 rings (SSSR count). The number of methoxy groups -OCH3 is 1. The maximum absolute atomic E-state index is 13.3. The van der Waals surface area contributed by atoms with E-state index in [0.717, 1.165) is 0 Å². The molecule has 0 atom stereocenters. The second-order valence-electron chi connectivity index (χ2n) is 5.01. The first-order chi connectivity index (χ1) is 9.41. The number of likely N-dealkylation sites (tertiary alicyclic amines) is 1. The molecule has 1 aliphatic heterocycles. The number of nitrogens with zero attached hydrogens (tertiary/aromatic N) is 1. The zero-order valence-electron chi connectivity index (χ0n) is 11.2. The highest BCUT2D eigenvalue weighted by atomic mass is 19.3. The second kappa shape index (κ2) is 5.75. The third-order valence-electron chi connectivity index (χ3n) is 3.37. The van der Waals surface area contributed by atoms with Crippen molar-refractivity contribution >= 4 is 5.97 Å². The minimum absolute atomic E-state index is 0.0498. The molecule has 110 valence electrons. The summed E-state index contributed by atoms with van der Waals surface area (Å²) >= 11 is 0. The van der Waals surface area contributed by atoms with Gasteiger partial charge in [-0.15, -0.1) is 0 Å². The zero-order chi connectivity index (χ0) is 14.8. The minimum Gasteiger partial charge on any atom is -0.496 e. The molecule has 1 heterocycles. The smallest absolute Gasteiger partial charge is 0.339 e. The molecule has 20 heavy (non-hydrogen) atoms. The fourth-order valence-corrected chi connectivity index (χ4v) is 2.46. The summed E-state index contributed by atoms with van der Waals surface area (Å²) in [5.74, 6) is -3.47. The number of rotatable bonds is 4. The van der Waals surface area contributed by atoms with Crippen LogP contribution in [0.3, 0.4) is 0 Å². The molecule has 1 fully saturated rings. The summed E-state index contributed by atoms with van der Waals surface area (Å²) in [5, 5.41) is 9.10. The molecule has 0 radical (unpaired) electrons. The summed E-state index contributed by atoms with van der Waals surface area (Å²) < 4.78 is 31.6. The van der Waals surface area contributed by atoms with Gasteiger partial charge in [0.05, 0.1) is 13.7 Å². The molecule has 0 saturated carbocycles. The van der Waals surface area contributed by atoms with Gasteiger partial charge in [-0.1, -0.05) is 6.07 Å². The van der Waals surface area contributed by atoms with Crippen LogP contribution in [-0.2, 0) is 6.54 Å². The van der Waals surface area contributed by atoms with Crippen LogP contribution in [0, 0.1) is 0 Å². The predicted octanol–water partition coefficient (Wildman–Crippen LogP) is 2.62. The lowest BCUT2D eigenvalue weighted by molar-refractivity contribution is -0.0661. The van der Waals surface area contributed by atoms with Crippen molar-refractivity contribution in [1.82, 2.24) is 4.90 Å². The lowest BCUT2D eigenvalue weighted by Gasteiger charge is -2.32. The van der Waals surface area contributed by atoms with Crippen LogP contribution in [0.2, 0.25) is 0 Å². The van der Waals surface area contributed by atoms with E-state index in [1.807, 2.05) is 0 Å². The Morgan fingerprint density at radius 1 is 1.50 bits per heavy atom. The molecular weight excluding hydrogens is 268 g/mol. The molecule has 0 spiro atoms. The van der Waals surface area contributed by atoms with Crippen molar-refractivity contribution in [3.63, 3.8) is 0 Å². The van der Waals surface area contributed by atoms with E-state index in [1.54, 1.807) is 17.0 Å². The largest absolute Gasteiger partial charge is 0.496 e. The molecular formula is C14H17F2NO3. The summed E-state index contributed by atoms with van der Waals surface area (Å²) in [4.78, 5) is 12.8. The molecule has 1 aromatic carbocycles. The van der Waals surface area contributed by atoms with Crippen LogP contribution in [0.15, 0.2) is 18.2 Å².